The Bertz CT molecular complexity index is 1160. The lowest BCUT2D eigenvalue weighted by atomic mass is 9.68. The molecule has 0 bridgehead atoms. The number of alkyl halides is 2. The van der Waals surface area contributed by atoms with Gasteiger partial charge in [-0.2, -0.15) is 17.6 Å². The molecule has 2 fully saturated rings. The first kappa shape index (κ1) is 31.2. The Morgan fingerprint density at radius 3 is 2.00 bits per heavy atom. The van der Waals surface area contributed by atoms with Gasteiger partial charge in [0, 0.05) is 6.07 Å². The van der Waals surface area contributed by atoms with E-state index in [2.05, 4.69) is 16.4 Å². The van der Waals surface area contributed by atoms with Gasteiger partial charge in [0.05, 0.1) is 0 Å². The number of rotatable bonds is 11. The molecular weight excluding hydrogens is 549 g/mol. The average Bonchev–Trinajstić information content (AvgIpc) is 2.92. The van der Waals surface area contributed by atoms with Crippen molar-refractivity contribution < 1.29 is 40.2 Å². The van der Waals surface area contributed by atoms with Crippen LogP contribution in [0.1, 0.15) is 101 Å². The second kappa shape index (κ2) is 14.0. The van der Waals surface area contributed by atoms with Crippen LogP contribution in [0.3, 0.4) is 0 Å². The lowest BCUT2D eigenvalue weighted by Crippen LogP contribution is -2.27. The van der Waals surface area contributed by atoms with Crippen LogP contribution in [0.25, 0.3) is 0 Å². The molecule has 0 aromatic heterocycles. The van der Waals surface area contributed by atoms with Crippen molar-refractivity contribution in [2.45, 2.75) is 96.0 Å². The SMILES string of the molecule is CCCCCC1CCC(C2CCC(c3cc(F)c(C(F)(F)Oc4ccc(OC=C(F)F)c(F)c4)c(F)c3)CC2)CC1. The zero-order valence-corrected chi connectivity index (χ0v) is 23.2. The zero-order chi connectivity index (χ0) is 29.6. The van der Waals surface area contributed by atoms with Gasteiger partial charge in [-0.25, -0.2) is 13.2 Å². The minimum absolute atomic E-state index is 0.0211. The van der Waals surface area contributed by atoms with Gasteiger partial charge in [-0.05, 0) is 92.0 Å². The van der Waals surface area contributed by atoms with Gasteiger partial charge in [0.15, 0.2) is 17.8 Å². The summed E-state index contributed by atoms with van der Waals surface area (Å²) in [6, 6.07) is 3.94. The van der Waals surface area contributed by atoms with Crippen molar-refractivity contribution in [3.8, 4) is 11.5 Å². The van der Waals surface area contributed by atoms with Gasteiger partial charge in [-0.15, -0.1) is 0 Å². The summed E-state index contributed by atoms with van der Waals surface area (Å²) in [5.41, 5.74) is -1.23. The highest BCUT2D eigenvalue weighted by Crippen LogP contribution is 2.45. The molecule has 2 aliphatic carbocycles. The third kappa shape index (κ3) is 8.19. The van der Waals surface area contributed by atoms with E-state index in [1.165, 1.54) is 51.4 Å². The fraction of sp³-hybridized carbons (Fsp3) is 0.562. The molecule has 0 unspecified atom stereocenters. The van der Waals surface area contributed by atoms with E-state index < -0.39 is 46.7 Å². The summed E-state index contributed by atoms with van der Waals surface area (Å²) < 4.78 is 107. The summed E-state index contributed by atoms with van der Waals surface area (Å²) in [6.07, 6.45) is 6.93. The molecule has 2 saturated carbocycles. The lowest BCUT2D eigenvalue weighted by molar-refractivity contribution is -0.189. The smallest absolute Gasteiger partial charge is 0.432 e. The van der Waals surface area contributed by atoms with Crippen LogP contribution in [0.4, 0.5) is 30.7 Å². The maximum absolute atomic E-state index is 14.9. The summed E-state index contributed by atoms with van der Waals surface area (Å²) >= 11 is 0. The summed E-state index contributed by atoms with van der Waals surface area (Å²) in [4.78, 5) is 0. The van der Waals surface area contributed by atoms with Crippen molar-refractivity contribution >= 4 is 0 Å². The summed E-state index contributed by atoms with van der Waals surface area (Å²) in [6.45, 7) is 2.22. The molecule has 4 rings (SSSR count). The molecule has 0 radical (unpaired) electrons. The summed E-state index contributed by atoms with van der Waals surface area (Å²) in [7, 11) is 0. The van der Waals surface area contributed by atoms with Gasteiger partial charge < -0.3 is 9.47 Å². The molecule has 2 nitrogen and oxygen atoms in total. The number of benzene rings is 2. The highest BCUT2D eigenvalue weighted by atomic mass is 19.3. The first-order chi connectivity index (χ1) is 19.6. The molecule has 2 aliphatic rings. The highest BCUT2D eigenvalue weighted by molar-refractivity contribution is 5.36. The number of unbranched alkanes of at least 4 members (excludes halogenated alkanes) is 2. The quantitative estimate of drug-likeness (QED) is 0.148. The van der Waals surface area contributed by atoms with Crippen molar-refractivity contribution in [2.75, 3.05) is 0 Å². The van der Waals surface area contributed by atoms with Crippen LogP contribution in [0, 0.1) is 35.2 Å². The molecular formula is C32H37F7O2. The molecule has 0 spiro atoms. The Balaban J connectivity index is 1.35. The molecule has 0 aliphatic heterocycles. The fourth-order valence-corrected chi connectivity index (χ4v) is 6.61. The van der Waals surface area contributed by atoms with Gasteiger partial charge in [0.25, 0.3) is 0 Å². The van der Waals surface area contributed by atoms with E-state index in [0.29, 0.717) is 23.5 Å². The van der Waals surface area contributed by atoms with Crippen molar-refractivity contribution in [3.63, 3.8) is 0 Å². The van der Waals surface area contributed by atoms with Crippen molar-refractivity contribution in [1.82, 2.24) is 0 Å². The predicted octanol–water partition coefficient (Wildman–Crippen LogP) is 11.0. The van der Waals surface area contributed by atoms with Crippen molar-refractivity contribution in [2.24, 2.45) is 17.8 Å². The van der Waals surface area contributed by atoms with Gasteiger partial charge >= 0.3 is 12.2 Å². The van der Waals surface area contributed by atoms with E-state index >= 15 is 0 Å². The zero-order valence-electron chi connectivity index (χ0n) is 23.2. The van der Waals surface area contributed by atoms with E-state index in [-0.39, 0.29) is 12.2 Å². The predicted molar refractivity (Wildman–Crippen MR) is 142 cm³/mol. The van der Waals surface area contributed by atoms with Crippen LogP contribution in [0.2, 0.25) is 0 Å². The Morgan fingerprint density at radius 1 is 0.829 bits per heavy atom. The van der Waals surface area contributed by atoms with E-state index in [4.69, 9.17) is 0 Å². The Hall–Kier alpha value is -2.71. The van der Waals surface area contributed by atoms with Gasteiger partial charge in [0.2, 0.25) is 0 Å². The Labute approximate surface area is 236 Å². The molecule has 41 heavy (non-hydrogen) atoms. The summed E-state index contributed by atoms with van der Waals surface area (Å²) in [5, 5.41) is 0. The minimum atomic E-state index is -4.46. The van der Waals surface area contributed by atoms with Gasteiger partial charge in [-0.1, -0.05) is 45.4 Å². The van der Waals surface area contributed by atoms with Crippen molar-refractivity contribution in [3.05, 3.63) is 71.3 Å². The van der Waals surface area contributed by atoms with E-state index in [9.17, 15) is 30.7 Å². The fourth-order valence-electron chi connectivity index (χ4n) is 6.61. The first-order valence-corrected chi connectivity index (χ1v) is 14.6. The number of hydrogen-bond acceptors (Lipinski definition) is 2. The number of ether oxygens (including phenoxy) is 2. The highest BCUT2D eigenvalue weighted by Gasteiger charge is 2.42. The second-order valence-corrected chi connectivity index (χ2v) is 11.5. The molecule has 2 aromatic rings. The van der Waals surface area contributed by atoms with E-state index in [1.807, 2.05) is 0 Å². The molecule has 0 N–H and O–H groups in total. The Kier molecular flexibility index (Phi) is 10.6. The average molecular weight is 587 g/mol. The number of hydrogen-bond donors (Lipinski definition) is 0. The standard InChI is InChI=1S/C32H37F7O2/c1-2-3-4-5-20-6-8-21(9-7-20)22-10-12-23(13-11-22)24-16-27(34)31(28(35)17-24)32(38,39)41-25-14-15-29(26(33)18-25)40-19-30(36)37/h14-23H,2-13H2,1H3. The molecule has 0 atom stereocenters. The third-order valence-corrected chi connectivity index (χ3v) is 8.80. The van der Waals surface area contributed by atoms with Gasteiger partial charge in [0.1, 0.15) is 22.9 Å². The van der Waals surface area contributed by atoms with Crippen LogP contribution < -0.4 is 9.47 Å². The monoisotopic (exact) mass is 586 g/mol. The molecule has 0 saturated heterocycles. The topological polar surface area (TPSA) is 18.5 Å². The van der Waals surface area contributed by atoms with Crippen LogP contribution in [-0.2, 0) is 6.11 Å². The van der Waals surface area contributed by atoms with Crippen LogP contribution in [0.5, 0.6) is 11.5 Å². The molecule has 0 amide bonds. The largest absolute Gasteiger partial charge is 0.456 e. The van der Waals surface area contributed by atoms with E-state index in [1.54, 1.807) is 0 Å². The first-order valence-electron chi connectivity index (χ1n) is 14.6. The van der Waals surface area contributed by atoms with Crippen LogP contribution in [-0.4, -0.2) is 0 Å². The normalized spacial score (nSPS) is 23.2. The lowest BCUT2D eigenvalue weighted by Gasteiger charge is -2.38. The molecule has 226 valence electrons. The van der Waals surface area contributed by atoms with E-state index in [0.717, 1.165) is 55.9 Å². The minimum Gasteiger partial charge on any atom is -0.456 e. The third-order valence-electron chi connectivity index (χ3n) is 8.80. The maximum Gasteiger partial charge on any atom is 0.432 e. The van der Waals surface area contributed by atoms with Gasteiger partial charge in [-0.3, -0.25) is 0 Å². The Morgan fingerprint density at radius 2 is 1.44 bits per heavy atom. The summed E-state index contributed by atoms with van der Waals surface area (Å²) in [5.74, 6) is -3.59. The second-order valence-electron chi connectivity index (χ2n) is 11.5. The van der Waals surface area contributed by atoms with Crippen LogP contribution in [0.15, 0.2) is 42.7 Å². The maximum atomic E-state index is 14.9. The molecule has 0 heterocycles. The molecule has 9 heteroatoms. The molecule has 2 aromatic carbocycles. The number of halogens is 7. The van der Waals surface area contributed by atoms with Crippen molar-refractivity contribution in [1.29, 1.82) is 0 Å². The van der Waals surface area contributed by atoms with Crippen LogP contribution >= 0.6 is 0 Å².